The van der Waals surface area contributed by atoms with Gasteiger partial charge in [0.05, 0.1) is 25.9 Å². The molecule has 0 aromatic heterocycles. The molecular weight excluding hydrogens is 1210 g/mol. The second-order valence-corrected chi connectivity index (χ2v) is 25.7. The molecule has 0 spiro atoms. The van der Waals surface area contributed by atoms with Crippen LogP contribution >= 0.6 is 0 Å². The second-order valence-electron chi connectivity index (χ2n) is 25.7. The van der Waals surface area contributed by atoms with E-state index < -0.39 is 129 Å². The number of aliphatic hydroxyl groups excluding tert-OH is 9. The molecule has 0 aromatic rings. The van der Waals surface area contributed by atoms with E-state index in [1.165, 1.54) is 21.3 Å². The summed E-state index contributed by atoms with van der Waals surface area (Å²) in [7, 11) is 1.25. The molecular formula is C67H124N4O22. The molecule has 93 heavy (non-hydrogen) atoms. The molecule has 0 aliphatic carbocycles. The van der Waals surface area contributed by atoms with Crippen molar-refractivity contribution in [3.05, 3.63) is 0 Å². The Bertz CT molecular complexity index is 2030. The summed E-state index contributed by atoms with van der Waals surface area (Å²) < 4.78 is 50.2. The van der Waals surface area contributed by atoms with E-state index >= 15 is 0 Å². The lowest BCUT2D eigenvalue weighted by atomic mass is 9.80. The molecule has 3 aliphatic heterocycles. The van der Waals surface area contributed by atoms with E-state index in [2.05, 4.69) is 28.2 Å². The molecule has 3 rings (SSSR count). The van der Waals surface area contributed by atoms with Crippen LogP contribution in [0.25, 0.3) is 0 Å². The summed E-state index contributed by atoms with van der Waals surface area (Å²) in [5, 5.41) is 102. The van der Waals surface area contributed by atoms with Gasteiger partial charge in [-0.2, -0.15) is 0 Å². The summed E-state index contributed by atoms with van der Waals surface area (Å²) in [5.74, 6) is -1.94. The Morgan fingerprint density at radius 2 is 0.796 bits per heavy atom. The number of Topliss-reactive ketones (excluding diaryl/α,β-unsaturated/α-hetero) is 3. The van der Waals surface area contributed by atoms with E-state index in [1.54, 1.807) is 6.92 Å². The zero-order valence-electron chi connectivity index (χ0n) is 59.6. The van der Waals surface area contributed by atoms with Crippen LogP contribution in [0.2, 0.25) is 0 Å². The highest BCUT2D eigenvalue weighted by molar-refractivity contribution is 5.82. The summed E-state index contributed by atoms with van der Waals surface area (Å²) in [6.45, 7) is 6.13. The van der Waals surface area contributed by atoms with Gasteiger partial charge in [0, 0.05) is 107 Å². The van der Waals surface area contributed by atoms with Crippen molar-refractivity contribution in [3.8, 4) is 0 Å². The van der Waals surface area contributed by atoms with Crippen LogP contribution in [0.5, 0.6) is 0 Å². The number of amides is 4. The Labute approximate surface area is 556 Å². The second kappa shape index (κ2) is 48.9. The number of hydrogen-bond acceptors (Lipinski definition) is 22. The highest BCUT2D eigenvalue weighted by atomic mass is 16.7. The van der Waals surface area contributed by atoms with Crippen LogP contribution in [0.4, 0.5) is 0 Å². The van der Waals surface area contributed by atoms with Gasteiger partial charge in [-0.3, -0.25) is 33.6 Å². The van der Waals surface area contributed by atoms with Crippen LogP contribution in [-0.2, 0) is 62.0 Å². The van der Waals surface area contributed by atoms with Gasteiger partial charge in [0.1, 0.15) is 78.3 Å². The minimum atomic E-state index is -1.42. The van der Waals surface area contributed by atoms with Crippen molar-refractivity contribution in [1.29, 1.82) is 0 Å². The van der Waals surface area contributed by atoms with Gasteiger partial charge in [0.25, 0.3) is 0 Å². The van der Waals surface area contributed by atoms with E-state index in [9.17, 15) is 79.5 Å². The van der Waals surface area contributed by atoms with Crippen molar-refractivity contribution in [2.45, 2.75) is 332 Å². The molecule has 3 aliphatic rings. The molecule has 0 bridgehead atoms. The number of nitrogens with one attached hydrogen (secondary N) is 4. The lowest BCUT2D eigenvalue weighted by Gasteiger charge is -2.42. The van der Waals surface area contributed by atoms with E-state index in [4.69, 9.17) is 32.8 Å². The van der Waals surface area contributed by atoms with Crippen LogP contribution in [0, 0.1) is 5.92 Å². The minimum Gasteiger partial charge on any atom is -0.394 e. The molecule has 0 radical (unpaired) electrons. The maximum atomic E-state index is 14.0. The molecule has 13 N–H and O–H groups in total. The lowest BCUT2D eigenvalue weighted by Crippen LogP contribution is -2.64. The van der Waals surface area contributed by atoms with Gasteiger partial charge in [-0.25, -0.2) is 0 Å². The van der Waals surface area contributed by atoms with Crippen LogP contribution in [0.3, 0.4) is 0 Å². The standard InChI is InChI=1S/C66H118N4O22.CH4.H2/c1-5-6-7-14-21-37-67-53(79)29-25-30-54(80)70-66(34-31-47(76)26-18-11-8-15-22-38-87-63-44(2)57(81)58(82)50(41-71)90-63,35-32-48(77)27-19-12-9-16-23-39-88-64-55(68-45(3)74)61(85)59(83)51(42-72)91-64)36-33-49(78)28-20-13-10-17-24-40-89-65-56(69-46(4)75)62(86)60(84)52(43-73)92-65;;/h44,50-52,55-65,71-73,81-86H,5-43H2,1-4H3,(H,67,79)(H,68,74)(H,69,75)(H,70,80);1H4;1H/i;1T;1+2T. The van der Waals surface area contributed by atoms with Gasteiger partial charge in [-0.05, 0) is 70.6 Å². The first kappa shape index (κ1) is 81.7. The monoisotopic (exact) mass is 1340 g/mol. The highest BCUT2D eigenvalue weighted by Gasteiger charge is 2.47. The SMILES string of the molecule is CCCCCCCNC(=O)CCCC(=O)NC(CCC(=O)CCCCCCCOC1OC(CO)C(O)C(O)C1C)(CCC(=O)CCCCCCCOC1OC(CO)C(O)C(O)C1NC(C)=O)CCC(=O)CCCCCCCOC1OC(CO)C(O)C(O)C1NC(C)=O.[3H]C.[3H][3H]. The fourth-order valence-corrected chi connectivity index (χ4v) is 12.0. The highest BCUT2D eigenvalue weighted by Crippen LogP contribution is 2.31. The normalized spacial score (nSPS) is 27.1. The molecule has 3 heterocycles. The Balaban J connectivity index is 0.0000113. The van der Waals surface area contributed by atoms with Gasteiger partial charge in [-0.15, -0.1) is 0 Å². The van der Waals surface area contributed by atoms with E-state index in [-0.39, 0.29) is 113 Å². The molecule has 15 unspecified atom stereocenters. The van der Waals surface area contributed by atoms with Crippen molar-refractivity contribution in [2.75, 3.05) is 46.2 Å². The van der Waals surface area contributed by atoms with Crippen molar-refractivity contribution in [3.63, 3.8) is 0 Å². The van der Waals surface area contributed by atoms with Crippen LogP contribution in [-0.4, -0.2) is 225 Å². The van der Waals surface area contributed by atoms with Crippen molar-refractivity contribution < 1.29 is 112 Å². The molecule has 26 nitrogen and oxygen atoms in total. The number of hydrogen-bond donors (Lipinski definition) is 13. The van der Waals surface area contributed by atoms with E-state index in [1.807, 2.05) is 0 Å². The smallest absolute Gasteiger partial charge is 0.220 e. The molecule has 26 heteroatoms. The van der Waals surface area contributed by atoms with E-state index in [0.717, 1.165) is 89.9 Å². The summed E-state index contributed by atoms with van der Waals surface area (Å²) in [5.41, 5.74) is -1.08. The summed E-state index contributed by atoms with van der Waals surface area (Å²) in [6, 6.07) is -2.08. The fourth-order valence-electron chi connectivity index (χ4n) is 12.0. The number of ketones is 3. The topological polar surface area (TPSA) is 405 Å². The van der Waals surface area contributed by atoms with E-state index in [0.29, 0.717) is 58.1 Å². The van der Waals surface area contributed by atoms with Gasteiger partial charge in [0.15, 0.2) is 18.9 Å². The average Bonchev–Trinajstić information content (AvgIpc) is 0.838. The fraction of sp³-hybridized carbons (Fsp3) is 0.896. The molecule has 0 saturated carbocycles. The zero-order chi connectivity index (χ0) is 71.8. The Kier molecular flexibility index (Phi) is 43.0. The third-order valence-electron chi connectivity index (χ3n) is 17.8. The minimum absolute atomic E-state index is 0.0106. The number of carbonyl (C=O) groups excluding carboxylic acids is 7. The van der Waals surface area contributed by atoms with Gasteiger partial charge >= 0.3 is 0 Å². The Hall–Kier alpha value is -3.71. The summed E-state index contributed by atoms with van der Waals surface area (Å²) in [6.07, 6.45) is 3.95. The predicted molar refractivity (Wildman–Crippen MR) is 347 cm³/mol. The third-order valence-corrected chi connectivity index (χ3v) is 17.8. The number of carbonyl (C=O) groups is 7. The molecule has 3 saturated heterocycles. The largest absolute Gasteiger partial charge is 0.394 e. The molecule has 544 valence electrons. The third kappa shape index (κ3) is 33.4. The first-order valence-electron chi connectivity index (χ1n) is 36.5. The van der Waals surface area contributed by atoms with Gasteiger partial charge in [0.2, 0.25) is 23.6 Å². The number of ether oxygens (including phenoxy) is 6. The van der Waals surface area contributed by atoms with Gasteiger partial charge in [-0.1, -0.05) is 105 Å². The molecule has 4 amide bonds. The summed E-state index contributed by atoms with van der Waals surface area (Å²) >= 11 is 0. The number of rotatable bonds is 52. The first-order chi connectivity index (χ1) is 46.1. The van der Waals surface area contributed by atoms with Gasteiger partial charge < -0.3 is 95.6 Å². The van der Waals surface area contributed by atoms with Crippen LogP contribution < -0.4 is 21.3 Å². The Morgan fingerprint density at radius 3 is 1.19 bits per heavy atom. The number of unbranched alkanes of at least 4 members (excludes halogenated alkanes) is 16. The number of aliphatic hydroxyl groups is 9. The van der Waals surface area contributed by atoms with Crippen LogP contribution in [0.1, 0.15) is 245 Å². The summed E-state index contributed by atoms with van der Waals surface area (Å²) in [4.78, 5) is 91.6. The van der Waals surface area contributed by atoms with Crippen molar-refractivity contribution in [2.24, 2.45) is 5.92 Å². The Morgan fingerprint density at radius 1 is 0.452 bits per heavy atom. The zero-order valence-corrected chi connectivity index (χ0v) is 56.6. The quantitative estimate of drug-likeness (QED) is 0.0382. The average molecular weight is 1340 g/mol. The van der Waals surface area contributed by atoms with Crippen molar-refractivity contribution >= 4 is 41.0 Å². The maximum Gasteiger partial charge on any atom is 0.220 e. The molecule has 0 aromatic carbocycles. The lowest BCUT2D eigenvalue weighted by molar-refractivity contribution is -0.282. The predicted octanol–water partition coefficient (Wildman–Crippen LogP) is 4.06. The van der Waals surface area contributed by atoms with Crippen molar-refractivity contribution in [1.82, 2.24) is 21.3 Å². The van der Waals surface area contributed by atoms with Crippen LogP contribution in [0.15, 0.2) is 0 Å². The molecule has 3 fully saturated rings. The first-order valence-corrected chi connectivity index (χ1v) is 34.5. The maximum absolute atomic E-state index is 14.0. The molecule has 15 atom stereocenters.